The molecular formula is C19H28O4. The fraction of sp³-hybridized carbons (Fsp3) is 0.579. The Bertz CT molecular complexity index is 491. The summed E-state index contributed by atoms with van der Waals surface area (Å²) in [5.41, 5.74) is 0.906. The number of ether oxygens (including phenoxy) is 2. The van der Waals surface area contributed by atoms with Gasteiger partial charge in [0.25, 0.3) is 0 Å². The molecule has 0 saturated heterocycles. The number of benzene rings is 1. The second-order valence-corrected chi connectivity index (χ2v) is 6.04. The summed E-state index contributed by atoms with van der Waals surface area (Å²) in [6, 6.07) is 6.44. The molecule has 1 rings (SSSR count). The molecule has 0 aromatic heterocycles. The van der Waals surface area contributed by atoms with Gasteiger partial charge < -0.3 is 9.47 Å². The van der Waals surface area contributed by atoms with Crippen LogP contribution in [0.5, 0.6) is 0 Å². The summed E-state index contributed by atoms with van der Waals surface area (Å²) in [5.74, 6) is -0.417. The molecule has 128 valence electrons. The molecule has 23 heavy (non-hydrogen) atoms. The van der Waals surface area contributed by atoms with Crippen molar-refractivity contribution in [3.8, 4) is 0 Å². The molecule has 0 heterocycles. The van der Waals surface area contributed by atoms with Gasteiger partial charge in [-0.1, -0.05) is 40.5 Å². The van der Waals surface area contributed by atoms with E-state index in [1.165, 1.54) is 0 Å². The predicted octanol–water partition coefficient (Wildman–Crippen LogP) is 4.63. The van der Waals surface area contributed by atoms with E-state index in [1.807, 2.05) is 20.8 Å². The van der Waals surface area contributed by atoms with Crippen LogP contribution in [0.1, 0.15) is 74.1 Å². The maximum absolute atomic E-state index is 12.2. The third kappa shape index (κ3) is 6.43. The number of hydrogen-bond donors (Lipinski definition) is 0. The quantitative estimate of drug-likeness (QED) is 0.492. The van der Waals surface area contributed by atoms with Gasteiger partial charge in [-0.05, 0) is 43.0 Å². The fourth-order valence-electron chi connectivity index (χ4n) is 2.15. The summed E-state index contributed by atoms with van der Waals surface area (Å²) >= 11 is 0. The van der Waals surface area contributed by atoms with Crippen LogP contribution in [-0.4, -0.2) is 24.6 Å². The van der Waals surface area contributed by atoms with Gasteiger partial charge in [-0.3, -0.25) is 0 Å². The van der Waals surface area contributed by atoms with E-state index in [2.05, 4.69) is 6.92 Å². The minimum absolute atomic E-state index is 0.0776. The van der Waals surface area contributed by atoms with Crippen molar-refractivity contribution in [1.29, 1.82) is 0 Å². The summed E-state index contributed by atoms with van der Waals surface area (Å²) < 4.78 is 10.7. The van der Waals surface area contributed by atoms with E-state index < -0.39 is 0 Å². The molecule has 0 aliphatic rings. The Labute approximate surface area is 139 Å². The van der Waals surface area contributed by atoms with E-state index >= 15 is 0 Å². The van der Waals surface area contributed by atoms with E-state index in [0.717, 1.165) is 25.7 Å². The first kappa shape index (κ1) is 19.2. The third-order valence-electron chi connectivity index (χ3n) is 3.66. The maximum Gasteiger partial charge on any atom is 0.338 e. The highest BCUT2D eigenvalue weighted by Crippen LogP contribution is 2.16. The molecule has 0 aliphatic heterocycles. The van der Waals surface area contributed by atoms with Gasteiger partial charge in [0, 0.05) is 0 Å². The molecular weight excluding hydrogens is 292 g/mol. The average molecular weight is 320 g/mol. The van der Waals surface area contributed by atoms with Crippen LogP contribution >= 0.6 is 0 Å². The lowest BCUT2D eigenvalue weighted by atomic mass is 10.0. The minimum atomic E-state index is -0.357. The zero-order chi connectivity index (χ0) is 17.2. The highest BCUT2D eigenvalue weighted by molar-refractivity contribution is 5.93. The van der Waals surface area contributed by atoms with E-state index in [0.29, 0.717) is 17.7 Å². The van der Waals surface area contributed by atoms with Crippen LogP contribution in [0.2, 0.25) is 0 Å². The Morgan fingerprint density at radius 2 is 1.52 bits per heavy atom. The maximum atomic E-state index is 12.2. The lowest BCUT2D eigenvalue weighted by molar-refractivity contribution is 0.0156. The van der Waals surface area contributed by atoms with Gasteiger partial charge in [0.1, 0.15) is 6.10 Å². The monoisotopic (exact) mass is 320 g/mol. The Morgan fingerprint density at radius 1 is 0.957 bits per heavy atom. The zero-order valence-corrected chi connectivity index (χ0v) is 14.6. The van der Waals surface area contributed by atoms with E-state index in [1.54, 1.807) is 24.3 Å². The van der Waals surface area contributed by atoms with Crippen molar-refractivity contribution in [2.75, 3.05) is 6.61 Å². The minimum Gasteiger partial charge on any atom is -0.462 e. The van der Waals surface area contributed by atoms with Crippen LogP contribution in [0.15, 0.2) is 24.3 Å². The molecule has 0 spiro atoms. The second-order valence-electron chi connectivity index (χ2n) is 6.04. The lowest BCUT2D eigenvalue weighted by Gasteiger charge is -2.20. The van der Waals surface area contributed by atoms with Crippen molar-refractivity contribution in [2.45, 2.75) is 59.5 Å². The standard InChI is InChI=1S/C19H28O4/c1-5-7-13-22-18(20)15-9-11-16(12-10-15)19(21)23-17(8-6-2)14(3)4/h9-12,14,17H,5-8,13H2,1-4H3. The predicted molar refractivity (Wildman–Crippen MR) is 90.6 cm³/mol. The number of rotatable bonds is 9. The molecule has 0 aliphatic carbocycles. The molecule has 1 aromatic rings. The second kappa shape index (κ2) is 10.0. The molecule has 4 nitrogen and oxygen atoms in total. The molecule has 1 unspecified atom stereocenters. The van der Waals surface area contributed by atoms with Crippen LogP contribution in [0.4, 0.5) is 0 Å². The van der Waals surface area contributed by atoms with E-state index in [-0.39, 0.29) is 24.0 Å². The largest absolute Gasteiger partial charge is 0.462 e. The molecule has 1 aromatic carbocycles. The molecule has 4 heteroatoms. The van der Waals surface area contributed by atoms with Crippen LogP contribution < -0.4 is 0 Å². The summed E-state index contributed by atoms with van der Waals surface area (Å²) in [4.78, 5) is 24.0. The highest BCUT2D eigenvalue weighted by Gasteiger charge is 2.19. The van der Waals surface area contributed by atoms with Crippen molar-refractivity contribution < 1.29 is 19.1 Å². The van der Waals surface area contributed by atoms with Crippen molar-refractivity contribution in [2.24, 2.45) is 5.92 Å². The number of carbonyl (C=O) groups excluding carboxylic acids is 2. The van der Waals surface area contributed by atoms with Crippen LogP contribution in [0.3, 0.4) is 0 Å². The van der Waals surface area contributed by atoms with Gasteiger partial charge in [-0.2, -0.15) is 0 Å². The van der Waals surface area contributed by atoms with Crippen molar-refractivity contribution >= 4 is 11.9 Å². The normalized spacial score (nSPS) is 12.0. The summed E-state index contributed by atoms with van der Waals surface area (Å²) in [5, 5.41) is 0. The Kier molecular flexibility index (Phi) is 8.38. The molecule has 0 amide bonds. The first-order chi connectivity index (χ1) is 11.0. The Balaban J connectivity index is 2.64. The lowest BCUT2D eigenvalue weighted by Crippen LogP contribution is -2.23. The fourth-order valence-corrected chi connectivity index (χ4v) is 2.15. The van der Waals surface area contributed by atoms with E-state index in [9.17, 15) is 9.59 Å². The summed E-state index contributed by atoms with van der Waals surface area (Å²) in [6.45, 7) is 8.62. The highest BCUT2D eigenvalue weighted by atomic mass is 16.5. The molecule has 0 N–H and O–H groups in total. The van der Waals surface area contributed by atoms with Crippen LogP contribution in [-0.2, 0) is 9.47 Å². The van der Waals surface area contributed by atoms with Crippen LogP contribution in [0, 0.1) is 5.92 Å². The number of hydrogen-bond acceptors (Lipinski definition) is 4. The molecule has 0 fully saturated rings. The molecule has 1 atom stereocenters. The molecule has 0 bridgehead atoms. The smallest absolute Gasteiger partial charge is 0.338 e. The number of carbonyl (C=O) groups is 2. The number of unbranched alkanes of at least 4 members (excludes halogenated alkanes) is 1. The van der Waals surface area contributed by atoms with Crippen molar-refractivity contribution in [3.05, 3.63) is 35.4 Å². The van der Waals surface area contributed by atoms with E-state index in [4.69, 9.17) is 9.47 Å². The molecule has 0 radical (unpaired) electrons. The zero-order valence-electron chi connectivity index (χ0n) is 14.6. The Morgan fingerprint density at radius 3 is 2.00 bits per heavy atom. The SMILES string of the molecule is CCCCOC(=O)c1ccc(C(=O)OC(CCC)C(C)C)cc1. The first-order valence-corrected chi connectivity index (χ1v) is 8.47. The average Bonchev–Trinajstić information content (AvgIpc) is 2.54. The van der Waals surface area contributed by atoms with Gasteiger partial charge in [0.15, 0.2) is 0 Å². The molecule has 0 saturated carbocycles. The van der Waals surface area contributed by atoms with Crippen LogP contribution in [0.25, 0.3) is 0 Å². The van der Waals surface area contributed by atoms with Crippen molar-refractivity contribution in [3.63, 3.8) is 0 Å². The third-order valence-corrected chi connectivity index (χ3v) is 3.66. The summed E-state index contributed by atoms with van der Waals surface area (Å²) in [6.07, 6.45) is 3.58. The summed E-state index contributed by atoms with van der Waals surface area (Å²) in [7, 11) is 0. The number of esters is 2. The topological polar surface area (TPSA) is 52.6 Å². The van der Waals surface area contributed by atoms with Gasteiger partial charge in [-0.25, -0.2) is 9.59 Å². The van der Waals surface area contributed by atoms with Crippen molar-refractivity contribution in [1.82, 2.24) is 0 Å². The van der Waals surface area contributed by atoms with Gasteiger partial charge in [0.2, 0.25) is 0 Å². The van der Waals surface area contributed by atoms with Gasteiger partial charge >= 0.3 is 11.9 Å². The Hall–Kier alpha value is -1.84. The van der Waals surface area contributed by atoms with Gasteiger partial charge in [0.05, 0.1) is 17.7 Å². The van der Waals surface area contributed by atoms with Gasteiger partial charge in [-0.15, -0.1) is 0 Å². The first-order valence-electron chi connectivity index (χ1n) is 8.47.